The number of nitrogens with one attached hydrogen (secondary N) is 2. The Labute approximate surface area is 169 Å². The van der Waals surface area contributed by atoms with Crippen molar-refractivity contribution >= 4 is 11.7 Å². The van der Waals surface area contributed by atoms with Crippen LogP contribution in [0.1, 0.15) is 11.6 Å². The minimum absolute atomic E-state index is 0.0484. The highest BCUT2D eigenvalue weighted by molar-refractivity contribution is 5.89. The molecular weight excluding hydrogens is 374 g/mol. The van der Waals surface area contributed by atoms with Gasteiger partial charge in [-0.15, -0.1) is 0 Å². The monoisotopic (exact) mass is 399 g/mol. The number of amides is 2. The molecule has 2 aliphatic rings. The maximum atomic E-state index is 12.5. The number of hydrogen-bond acceptors (Lipinski definition) is 6. The third kappa shape index (κ3) is 4.72. The van der Waals surface area contributed by atoms with Crippen LogP contribution in [0, 0.1) is 0 Å². The topological polar surface area (TPSA) is 81.3 Å². The van der Waals surface area contributed by atoms with E-state index >= 15 is 0 Å². The number of methoxy groups -OCH3 is 1. The van der Waals surface area contributed by atoms with E-state index in [2.05, 4.69) is 15.5 Å². The van der Waals surface area contributed by atoms with Gasteiger partial charge in [-0.2, -0.15) is 0 Å². The van der Waals surface area contributed by atoms with Gasteiger partial charge in [0.1, 0.15) is 5.75 Å². The fourth-order valence-electron chi connectivity index (χ4n) is 3.51. The van der Waals surface area contributed by atoms with Gasteiger partial charge in [-0.25, -0.2) is 4.79 Å². The van der Waals surface area contributed by atoms with Crippen LogP contribution in [0.2, 0.25) is 0 Å². The van der Waals surface area contributed by atoms with E-state index in [0.717, 1.165) is 24.4 Å². The molecule has 0 aromatic heterocycles. The van der Waals surface area contributed by atoms with Crippen molar-refractivity contribution in [2.75, 3.05) is 52.1 Å². The van der Waals surface area contributed by atoms with Gasteiger partial charge in [0.25, 0.3) is 0 Å². The number of anilines is 1. The van der Waals surface area contributed by atoms with Crippen LogP contribution in [0.15, 0.2) is 42.5 Å². The molecule has 1 atom stereocenters. The number of carbonyl (C=O) groups excluding carboxylic acids is 1. The van der Waals surface area contributed by atoms with Crippen LogP contribution in [-0.4, -0.2) is 57.7 Å². The summed E-state index contributed by atoms with van der Waals surface area (Å²) in [5.74, 6) is 2.12. The SMILES string of the molecule is COc1ccc(C(CNC(=O)Nc2ccc3c(c2)OCO3)N2CCOCC2)cc1. The number of ether oxygens (including phenoxy) is 4. The highest BCUT2D eigenvalue weighted by Crippen LogP contribution is 2.34. The molecule has 0 spiro atoms. The third-order valence-electron chi connectivity index (χ3n) is 5.07. The minimum atomic E-state index is -0.268. The first-order valence-electron chi connectivity index (χ1n) is 9.63. The predicted octanol–water partition coefficient (Wildman–Crippen LogP) is 2.62. The minimum Gasteiger partial charge on any atom is -0.497 e. The zero-order valence-corrected chi connectivity index (χ0v) is 16.3. The number of fused-ring (bicyclic) bond motifs is 1. The summed E-state index contributed by atoms with van der Waals surface area (Å²) in [6, 6.07) is 13.1. The Hall–Kier alpha value is -2.97. The lowest BCUT2D eigenvalue weighted by atomic mass is 10.0. The molecule has 29 heavy (non-hydrogen) atoms. The van der Waals surface area contributed by atoms with Gasteiger partial charge >= 0.3 is 6.03 Å². The van der Waals surface area contributed by atoms with E-state index in [1.165, 1.54) is 0 Å². The zero-order chi connectivity index (χ0) is 20.1. The van der Waals surface area contributed by atoms with Gasteiger partial charge in [-0.05, 0) is 29.8 Å². The highest BCUT2D eigenvalue weighted by Gasteiger charge is 2.23. The van der Waals surface area contributed by atoms with E-state index < -0.39 is 0 Å². The molecule has 0 bridgehead atoms. The molecular formula is C21H25N3O5. The number of nitrogens with zero attached hydrogens (tertiary/aromatic N) is 1. The Morgan fingerprint density at radius 3 is 2.62 bits per heavy atom. The predicted molar refractivity (Wildman–Crippen MR) is 108 cm³/mol. The quantitative estimate of drug-likeness (QED) is 0.777. The van der Waals surface area contributed by atoms with Gasteiger partial charge in [0.2, 0.25) is 6.79 Å². The molecule has 0 saturated carbocycles. The average molecular weight is 399 g/mol. The Balaban J connectivity index is 1.40. The van der Waals surface area contributed by atoms with Gasteiger partial charge in [-0.3, -0.25) is 4.90 Å². The van der Waals surface area contributed by atoms with Crippen LogP contribution in [-0.2, 0) is 4.74 Å². The molecule has 2 aromatic carbocycles. The van der Waals surface area contributed by atoms with E-state index in [4.69, 9.17) is 18.9 Å². The molecule has 2 aromatic rings. The molecule has 2 aliphatic heterocycles. The van der Waals surface area contributed by atoms with Crippen molar-refractivity contribution < 1.29 is 23.7 Å². The van der Waals surface area contributed by atoms with Crippen LogP contribution >= 0.6 is 0 Å². The summed E-state index contributed by atoms with van der Waals surface area (Å²) < 4.78 is 21.4. The summed E-state index contributed by atoms with van der Waals surface area (Å²) >= 11 is 0. The van der Waals surface area contributed by atoms with Crippen molar-refractivity contribution in [3.63, 3.8) is 0 Å². The number of morpholine rings is 1. The van der Waals surface area contributed by atoms with Crippen molar-refractivity contribution in [3.8, 4) is 17.2 Å². The van der Waals surface area contributed by atoms with Gasteiger partial charge in [0.15, 0.2) is 11.5 Å². The van der Waals surface area contributed by atoms with E-state index in [9.17, 15) is 4.79 Å². The maximum Gasteiger partial charge on any atom is 0.319 e. The number of urea groups is 1. The smallest absolute Gasteiger partial charge is 0.319 e. The fraction of sp³-hybridized carbons (Fsp3) is 0.381. The normalized spacial score (nSPS) is 16.9. The molecule has 2 amide bonds. The standard InChI is InChI=1S/C21H25N3O5/c1-26-17-5-2-15(3-6-17)18(24-8-10-27-11-9-24)13-22-21(25)23-16-4-7-19-20(12-16)29-14-28-19/h2-7,12,18H,8-11,13-14H2,1H3,(H2,22,23,25). The second kappa shape index (κ2) is 9.02. The zero-order valence-electron chi connectivity index (χ0n) is 16.3. The largest absolute Gasteiger partial charge is 0.497 e. The molecule has 2 N–H and O–H groups in total. The molecule has 8 nitrogen and oxygen atoms in total. The van der Waals surface area contributed by atoms with Gasteiger partial charge in [0, 0.05) is 31.4 Å². The lowest BCUT2D eigenvalue weighted by molar-refractivity contribution is 0.0167. The lowest BCUT2D eigenvalue weighted by Gasteiger charge is -2.35. The lowest BCUT2D eigenvalue weighted by Crippen LogP contribution is -2.44. The van der Waals surface area contributed by atoms with Crippen LogP contribution in [0.4, 0.5) is 10.5 Å². The second-order valence-electron chi connectivity index (χ2n) is 6.84. The Morgan fingerprint density at radius 1 is 1.10 bits per heavy atom. The summed E-state index contributed by atoms with van der Waals surface area (Å²) in [6.07, 6.45) is 0. The average Bonchev–Trinajstić information content (AvgIpc) is 3.23. The summed E-state index contributed by atoms with van der Waals surface area (Å²) in [5.41, 5.74) is 1.77. The fourth-order valence-corrected chi connectivity index (χ4v) is 3.51. The Kier molecular flexibility index (Phi) is 6.02. The second-order valence-corrected chi connectivity index (χ2v) is 6.84. The van der Waals surface area contributed by atoms with Crippen molar-refractivity contribution in [1.29, 1.82) is 0 Å². The molecule has 0 radical (unpaired) electrons. The van der Waals surface area contributed by atoms with Crippen molar-refractivity contribution in [2.24, 2.45) is 0 Å². The summed E-state index contributed by atoms with van der Waals surface area (Å²) in [7, 11) is 1.65. The van der Waals surface area contributed by atoms with Crippen LogP contribution in [0.25, 0.3) is 0 Å². The highest BCUT2D eigenvalue weighted by atomic mass is 16.7. The molecule has 0 aliphatic carbocycles. The summed E-state index contributed by atoms with van der Waals surface area (Å²) in [6.45, 7) is 3.70. The van der Waals surface area contributed by atoms with E-state index in [-0.39, 0.29) is 18.9 Å². The maximum absolute atomic E-state index is 12.5. The molecule has 1 saturated heterocycles. The van der Waals surface area contributed by atoms with Crippen LogP contribution in [0.5, 0.6) is 17.2 Å². The van der Waals surface area contributed by atoms with Gasteiger partial charge in [-0.1, -0.05) is 12.1 Å². The Bertz CT molecular complexity index is 837. The van der Waals surface area contributed by atoms with Crippen LogP contribution < -0.4 is 24.8 Å². The third-order valence-corrected chi connectivity index (χ3v) is 5.07. The van der Waals surface area contributed by atoms with Crippen molar-refractivity contribution in [2.45, 2.75) is 6.04 Å². The molecule has 4 rings (SSSR count). The first-order chi connectivity index (χ1) is 14.2. The summed E-state index contributed by atoms with van der Waals surface area (Å²) in [4.78, 5) is 14.8. The number of benzene rings is 2. The first kappa shape index (κ1) is 19.4. The van der Waals surface area contributed by atoms with Crippen molar-refractivity contribution in [3.05, 3.63) is 48.0 Å². The van der Waals surface area contributed by atoms with E-state index in [0.29, 0.717) is 36.9 Å². The number of rotatable bonds is 6. The Morgan fingerprint density at radius 2 is 1.86 bits per heavy atom. The van der Waals surface area contributed by atoms with Gasteiger partial charge in [0.05, 0.1) is 26.4 Å². The number of carbonyl (C=O) groups is 1. The molecule has 154 valence electrons. The molecule has 8 heteroatoms. The van der Waals surface area contributed by atoms with Crippen LogP contribution in [0.3, 0.4) is 0 Å². The summed E-state index contributed by atoms with van der Waals surface area (Å²) in [5, 5.41) is 5.84. The first-order valence-corrected chi connectivity index (χ1v) is 9.63. The van der Waals surface area contributed by atoms with Gasteiger partial charge < -0.3 is 29.6 Å². The number of hydrogen-bond donors (Lipinski definition) is 2. The van der Waals surface area contributed by atoms with Crippen molar-refractivity contribution in [1.82, 2.24) is 10.2 Å². The molecule has 1 unspecified atom stereocenters. The van der Waals surface area contributed by atoms with E-state index in [1.807, 2.05) is 24.3 Å². The van der Waals surface area contributed by atoms with E-state index in [1.54, 1.807) is 25.3 Å². The molecule has 1 fully saturated rings. The molecule has 2 heterocycles.